The second-order valence-electron chi connectivity index (χ2n) is 5.88. The number of benzene rings is 1. The molecule has 0 unspecified atom stereocenters. The van der Waals surface area contributed by atoms with Crippen molar-refractivity contribution >= 4 is 21.4 Å². The van der Waals surface area contributed by atoms with E-state index < -0.39 is 0 Å². The van der Waals surface area contributed by atoms with Gasteiger partial charge in [-0.25, -0.2) is 9.67 Å². The van der Waals surface area contributed by atoms with Crippen LogP contribution >= 0.6 is 11.3 Å². The summed E-state index contributed by atoms with van der Waals surface area (Å²) in [7, 11) is 0. The van der Waals surface area contributed by atoms with Crippen LogP contribution in [0.2, 0.25) is 0 Å². The second kappa shape index (κ2) is 7.09. The molecular weight excluding hydrogens is 348 g/mol. The van der Waals surface area contributed by atoms with Gasteiger partial charge in [0.1, 0.15) is 0 Å². The summed E-state index contributed by atoms with van der Waals surface area (Å²) in [6.07, 6.45) is 3.67. The van der Waals surface area contributed by atoms with Gasteiger partial charge < -0.3 is 5.32 Å². The molecule has 8 heteroatoms. The Bertz CT molecular complexity index is 1080. The SMILES string of the molecule is CCCc1cc(=O)n2nc(NCc3ccn(-c4ccccc4)n3)sc2n1. The van der Waals surface area contributed by atoms with Gasteiger partial charge in [-0.1, -0.05) is 42.9 Å². The van der Waals surface area contributed by atoms with Crippen LogP contribution in [-0.4, -0.2) is 24.4 Å². The number of hydrogen-bond acceptors (Lipinski definition) is 6. The average Bonchev–Trinajstić information content (AvgIpc) is 3.28. The monoisotopic (exact) mass is 366 g/mol. The highest BCUT2D eigenvalue weighted by atomic mass is 32.1. The molecule has 3 aromatic heterocycles. The van der Waals surface area contributed by atoms with E-state index in [-0.39, 0.29) is 5.56 Å². The average molecular weight is 366 g/mol. The molecule has 0 fully saturated rings. The lowest BCUT2D eigenvalue weighted by molar-refractivity contribution is 0.831. The van der Waals surface area contributed by atoms with E-state index in [0.717, 1.165) is 29.9 Å². The van der Waals surface area contributed by atoms with Crippen LogP contribution in [0.5, 0.6) is 0 Å². The van der Waals surface area contributed by atoms with Crippen molar-refractivity contribution in [2.45, 2.75) is 26.3 Å². The van der Waals surface area contributed by atoms with Crippen molar-refractivity contribution in [1.29, 1.82) is 0 Å². The third-order valence-corrected chi connectivity index (χ3v) is 4.76. The van der Waals surface area contributed by atoms with Crippen molar-refractivity contribution in [3.63, 3.8) is 0 Å². The third kappa shape index (κ3) is 3.36. The summed E-state index contributed by atoms with van der Waals surface area (Å²) in [6.45, 7) is 2.59. The van der Waals surface area contributed by atoms with Crippen LogP contribution in [0.3, 0.4) is 0 Å². The molecule has 0 aliphatic heterocycles. The van der Waals surface area contributed by atoms with Gasteiger partial charge in [-0.15, -0.1) is 5.10 Å². The van der Waals surface area contributed by atoms with E-state index in [2.05, 4.69) is 27.4 Å². The molecule has 4 aromatic rings. The van der Waals surface area contributed by atoms with Gasteiger partial charge in [-0.05, 0) is 24.6 Å². The third-order valence-electron chi connectivity index (χ3n) is 3.89. The Morgan fingerprint density at radius 1 is 1.12 bits per heavy atom. The predicted molar refractivity (Wildman–Crippen MR) is 102 cm³/mol. The normalized spacial score (nSPS) is 11.1. The van der Waals surface area contributed by atoms with Crippen LogP contribution in [0, 0.1) is 0 Å². The second-order valence-corrected chi connectivity index (χ2v) is 6.83. The zero-order valence-electron chi connectivity index (χ0n) is 14.3. The first-order valence-corrected chi connectivity index (χ1v) is 9.28. The smallest absolute Gasteiger partial charge is 0.275 e. The van der Waals surface area contributed by atoms with E-state index in [1.54, 1.807) is 6.07 Å². The maximum atomic E-state index is 12.1. The first kappa shape index (κ1) is 16.5. The van der Waals surface area contributed by atoms with E-state index in [0.29, 0.717) is 16.6 Å². The fourth-order valence-corrected chi connectivity index (χ4v) is 3.48. The lowest BCUT2D eigenvalue weighted by Gasteiger charge is -2.00. The molecule has 0 amide bonds. The van der Waals surface area contributed by atoms with Gasteiger partial charge >= 0.3 is 0 Å². The molecule has 4 rings (SSSR count). The van der Waals surface area contributed by atoms with Crippen molar-refractivity contribution in [2.24, 2.45) is 0 Å². The fourth-order valence-electron chi connectivity index (χ4n) is 2.66. The largest absolute Gasteiger partial charge is 0.354 e. The Labute approximate surface area is 154 Å². The Balaban J connectivity index is 1.50. The molecule has 7 nitrogen and oxygen atoms in total. The highest BCUT2D eigenvalue weighted by molar-refractivity contribution is 7.20. The van der Waals surface area contributed by atoms with Crippen LogP contribution < -0.4 is 10.9 Å². The predicted octanol–water partition coefficient (Wildman–Crippen LogP) is 2.90. The number of fused-ring (bicyclic) bond motifs is 1. The summed E-state index contributed by atoms with van der Waals surface area (Å²) in [5, 5.41) is 12.7. The number of para-hydroxylation sites is 1. The molecule has 26 heavy (non-hydrogen) atoms. The van der Waals surface area contributed by atoms with Gasteiger partial charge in [0.15, 0.2) is 0 Å². The van der Waals surface area contributed by atoms with Crippen molar-refractivity contribution < 1.29 is 0 Å². The van der Waals surface area contributed by atoms with E-state index in [9.17, 15) is 4.79 Å². The zero-order chi connectivity index (χ0) is 17.9. The summed E-state index contributed by atoms with van der Waals surface area (Å²) in [4.78, 5) is 17.3. The van der Waals surface area contributed by atoms with Crippen LogP contribution in [0.15, 0.2) is 53.5 Å². The van der Waals surface area contributed by atoms with Gasteiger partial charge in [0, 0.05) is 18.0 Å². The van der Waals surface area contributed by atoms with E-state index >= 15 is 0 Å². The van der Waals surface area contributed by atoms with Crippen molar-refractivity contribution in [3.8, 4) is 5.69 Å². The number of rotatable bonds is 6. The molecule has 0 saturated heterocycles. The van der Waals surface area contributed by atoms with E-state index in [1.807, 2.05) is 47.3 Å². The first-order chi connectivity index (χ1) is 12.7. The van der Waals surface area contributed by atoms with Crippen molar-refractivity contribution in [1.82, 2.24) is 24.4 Å². The lowest BCUT2D eigenvalue weighted by Crippen LogP contribution is -2.15. The number of aryl methyl sites for hydroxylation is 1. The van der Waals surface area contributed by atoms with Gasteiger partial charge in [0.2, 0.25) is 10.1 Å². The Kier molecular flexibility index (Phi) is 4.49. The summed E-state index contributed by atoms with van der Waals surface area (Å²) in [6, 6.07) is 13.5. The quantitative estimate of drug-likeness (QED) is 0.568. The molecule has 132 valence electrons. The molecule has 3 heterocycles. The van der Waals surface area contributed by atoms with Gasteiger partial charge in [-0.3, -0.25) is 4.79 Å². The Morgan fingerprint density at radius 3 is 2.77 bits per heavy atom. The summed E-state index contributed by atoms with van der Waals surface area (Å²) < 4.78 is 3.17. The fraction of sp³-hybridized carbons (Fsp3) is 0.222. The van der Waals surface area contributed by atoms with Crippen LogP contribution in [0.1, 0.15) is 24.7 Å². The highest BCUT2D eigenvalue weighted by Gasteiger charge is 2.09. The van der Waals surface area contributed by atoms with E-state index in [4.69, 9.17) is 0 Å². The maximum absolute atomic E-state index is 12.1. The molecular formula is C18H18N6OS. The molecule has 1 N–H and O–H groups in total. The number of hydrogen-bond donors (Lipinski definition) is 1. The van der Waals surface area contributed by atoms with Crippen molar-refractivity contribution in [3.05, 3.63) is 70.4 Å². The molecule has 1 aromatic carbocycles. The number of nitrogens with zero attached hydrogens (tertiary/aromatic N) is 5. The minimum atomic E-state index is -0.142. The first-order valence-electron chi connectivity index (χ1n) is 8.46. The molecule has 0 bridgehead atoms. The van der Waals surface area contributed by atoms with Crippen molar-refractivity contribution in [2.75, 3.05) is 5.32 Å². The van der Waals surface area contributed by atoms with Gasteiger partial charge in [0.25, 0.3) is 5.56 Å². The number of aromatic nitrogens is 5. The van der Waals surface area contributed by atoms with Crippen LogP contribution in [0.25, 0.3) is 10.6 Å². The molecule has 0 radical (unpaired) electrons. The summed E-state index contributed by atoms with van der Waals surface area (Å²) in [5.41, 5.74) is 2.57. The number of anilines is 1. The van der Waals surface area contributed by atoms with Gasteiger partial charge in [0.05, 0.1) is 17.9 Å². The highest BCUT2D eigenvalue weighted by Crippen LogP contribution is 2.18. The molecule has 0 aliphatic rings. The standard InChI is InChI=1S/C18H18N6OS/c1-2-6-13-11-16(25)24-18(20-13)26-17(22-24)19-12-14-9-10-23(21-14)15-7-4-3-5-8-15/h3-5,7-11H,2,6,12H2,1H3,(H,19,22). The molecule has 0 spiro atoms. The van der Waals surface area contributed by atoms with Crippen LogP contribution in [0.4, 0.5) is 5.13 Å². The zero-order valence-corrected chi connectivity index (χ0v) is 15.1. The lowest BCUT2D eigenvalue weighted by atomic mass is 10.2. The van der Waals surface area contributed by atoms with Gasteiger partial charge in [-0.2, -0.15) is 9.61 Å². The number of nitrogens with one attached hydrogen (secondary N) is 1. The Morgan fingerprint density at radius 2 is 1.96 bits per heavy atom. The Hall–Kier alpha value is -3.00. The summed E-state index contributed by atoms with van der Waals surface area (Å²) >= 11 is 1.37. The topological polar surface area (TPSA) is 77.1 Å². The molecule has 0 atom stereocenters. The minimum absolute atomic E-state index is 0.142. The maximum Gasteiger partial charge on any atom is 0.275 e. The summed E-state index contributed by atoms with van der Waals surface area (Å²) in [5.74, 6) is 0. The van der Waals surface area contributed by atoms with E-state index in [1.165, 1.54) is 15.9 Å². The molecule has 0 saturated carbocycles. The molecule has 0 aliphatic carbocycles. The van der Waals surface area contributed by atoms with Crippen LogP contribution in [-0.2, 0) is 13.0 Å². The minimum Gasteiger partial charge on any atom is -0.354 e.